The number of ether oxygens (including phenoxy) is 1. The molecule has 116 valence electrons. The van der Waals surface area contributed by atoms with Gasteiger partial charge in [0.15, 0.2) is 0 Å². The average molecular weight is 308 g/mol. The number of aryl methyl sites for hydroxylation is 1. The number of nitrogens with zero attached hydrogens (tertiary/aromatic N) is 2. The summed E-state index contributed by atoms with van der Waals surface area (Å²) < 4.78 is 7.16. The Morgan fingerprint density at radius 2 is 2.13 bits per heavy atom. The SMILES string of the molecule is COc1ccc(-c2nc3ccccn3c2/C=C/C(=O)O)cc1C. The molecule has 23 heavy (non-hydrogen) atoms. The van der Waals surface area contributed by atoms with Crippen molar-refractivity contribution in [1.82, 2.24) is 9.38 Å². The second-order valence-corrected chi connectivity index (χ2v) is 5.13. The smallest absolute Gasteiger partial charge is 0.328 e. The maximum absolute atomic E-state index is 10.9. The van der Waals surface area contributed by atoms with Crippen LogP contribution in [0.4, 0.5) is 0 Å². The number of pyridine rings is 1. The zero-order valence-corrected chi connectivity index (χ0v) is 12.9. The maximum atomic E-state index is 10.9. The molecule has 1 aromatic carbocycles. The summed E-state index contributed by atoms with van der Waals surface area (Å²) in [5, 5.41) is 8.93. The van der Waals surface area contributed by atoms with Crippen LogP contribution in [0.2, 0.25) is 0 Å². The monoisotopic (exact) mass is 308 g/mol. The van der Waals surface area contributed by atoms with Crippen LogP contribution >= 0.6 is 0 Å². The van der Waals surface area contributed by atoms with Gasteiger partial charge in [-0.25, -0.2) is 9.78 Å². The molecule has 2 aromatic heterocycles. The first-order chi connectivity index (χ1) is 11.1. The topological polar surface area (TPSA) is 63.8 Å². The van der Waals surface area contributed by atoms with E-state index in [-0.39, 0.29) is 0 Å². The van der Waals surface area contributed by atoms with Crippen LogP contribution in [0, 0.1) is 6.92 Å². The fraction of sp³-hybridized carbons (Fsp3) is 0.111. The van der Waals surface area contributed by atoms with E-state index in [1.54, 1.807) is 13.2 Å². The molecule has 5 nitrogen and oxygen atoms in total. The van der Waals surface area contributed by atoms with Crippen molar-refractivity contribution in [3.05, 3.63) is 59.9 Å². The molecule has 0 radical (unpaired) electrons. The van der Waals surface area contributed by atoms with Gasteiger partial charge in [-0.1, -0.05) is 6.07 Å². The summed E-state index contributed by atoms with van der Waals surface area (Å²) in [4.78, 5) is 15.5. The Labute approximate surface area is 133 Å². The van der Waals surface area contributed by atoms with E-state index in [1.165, 1.54) is 0 Å². The first-order valence-corrected chi connectivity index (χ1v) is 7.13. The second-order valence-electron chi connectivity index (χ2n) is 5.13. The van der Waals surface area contributed by atoms with Gasteiger partial charge in [0.25, 0.3) is 0 Å². The largest absolute Gasteiger partial charge is 0.496 e. The summed E-state index contributed by atoms with van der Waals surface area (Å²) in [6, 6.07) is 11.5. The first-order valence-electron chi connectivity index (χ1n) is 7.13. The van der Waals surface area contributed by atoms with Crippen molar-refractivity contribution < 1.29 is 14.6 Å². The first kappa shape index (κ1) is 14.8. The van der Waals surface area contributed by atoms with Gasteiger partial charge >= 0.3 is 5.97 Å². The van der Waals surface area contributed by atoms with Crippen molar-refractivity contribution in [3.63, 3.8) is 0 Å². The van der Waals surface area contributed by atoms with Crippen molar-refractivity contribution in [2.24, 2.45) is 0 Å². The van der Waals surface area contributed by atoms with E-state index in [4.69, 9.17) is 9.84 Å². The Hall–Kier alpha value is -3.08. The molecule has 0 atom stereocenters. The number of aliphatic carboxylic acids is 1. The Bertz CT molecular complexity index is 910. The fourth-order valence-electron chi connectivity index (χ4n) is 2.56. The molecule has 0 spiro atoms. The van der Waals surface area contributed by atoms with Gasteiger partial charge in [0, 0.05) is 17.8 Å². The zero-order valence-electron chi connectivity index (χ0n) is 12.9. The highest BCUT2D eigenvalue weighted by atomic mass is 16.5. The third kappa shape index (κ3) is 2.81. The minimum Gasteiger partial charge on any atom is -0.496 e. The van der Waals surface area contributed by atoms with Crippen molar-refractivity contribution >= 4 is 17.7 Å². The summed E-state index contributed by atoms with van der Waals surface area (Å²) >= 11 is 0. The van der Waals surface area contributed by atoms with Gasteiger partial charge in [-0.3, -0.25) is 4.40 Å². The van der Waals surface area contributed by atoms with Gasteiger partial charge in [0.05, 0.1) is 18.5 Å². The van der Waals surface area contributed by atoms with Crippen LogP contribution in [0.25, 0.3) is 23.0 Å². The number of hydrogen-bond acceptors (Lipinski definition) is 3. The van der Waals surface area contributed by atoms with Crippen molar-refractivity contribution in [3.8, 4) is 17.0 Å². The summed E-state index contributed by atoms with van der Waals surface area (Å²) in [6.07, 6.45) is 4.55. The van der Waals surface area contributed by atoms with Crippen LogP contribution in [-0.2, 0) is 4.79 Å². The third-order valence-corrected chi connectivity index (χ3v) is 3.62. The molecule has 0 saturated carbocycles. The molecule has 0 aliphatic carbocycles. The molecule has 0 saturated heterocycles. The van der Waals surface area contributed by atoms with Gasteiger partial charge in [0.1, 0.15) is 11.4 Å². The Morgan fingerprint density at radius 3 is 2.83 bits per heavy atom. The number of benzene rings is 1. The molecule has 0 aliphatic rings. The molecule has 0 unspecified atom stereocenters. The molecule has 0 bridgehead atoms. The maximum Gasteiger partial charge on any atom is 0.328 e. The van der Waals surface area contributed by atoms with E-state index in [9.17, 15) is 4.79 Å². The summed E-state index contributed by atoms with van der Waals surface area (Å²) in [5.74, 6) is -0.187. The number of carbonyl (C=O) groups is 1. The van der Waals surface area contributed by atoms with E-state index >= 15 is 0 Å². The molecule has 5 heteroatoms. The molecular formula is C18H16N2O3. The fourth-order valence-corrected chi connectivity index (χ4v) is 2.56. The molecule has 0 amide bonds. The van der Waals surface area contributed by atoms with Gasteiger partial charge in [0.2, 0.25) is 0 Å². The van der Waals surface area contributed by atoms with Crippen LogP contribution in [0.3, 0.4) is 0 Å². The van der Waals surface area contributed by atoms with Crippen LogP contribution in [0.15, 0.2) is 48.7 Å². The second kappa shape index (κ2) is 5.96. The van der Waals surface area contributed by atoms with Crippen LogP contribution < -0.4 is 4.74 Å². The third-order valence-electron chi connectivity index (χ3n) is 3.62. The molecule has 2 heterocycles. The molecule has 0 fully saturated rings. The zero-order chi connectivity index (χ0) is 16.4. The number of methoxy groups -OCH3 is 1. The summed E-state index contributed by atoms with van der Waals surface area (Å²) in [5.41, 5.74) is 4.14. The Balaban J connectivity index is 2.22. The highest BCUT2D eigenvalue weighted by molar-refractivity contribution is 5.87. The lowest BCUT2D eigenvalue weighted by Gasteiger charge is -2.06. The number of carboxylic acids is 1. The normalized spacial score (nSPS) is 11.2. The average Bonchev–Trinajstić information content (AvgIpc) is 2.91. The Kier molecular flexibility index (Phi) is 3.85. The number of carboxylic acid groups (broad SMARTS) is 1. The predicted molar refractivity (Wildman–Crippen MR) is 88.6 cm³/mol. The number of rotatable bonds is 4. The highest BCUT2D eigenvalue weighted by Gasteiger charge is 2.13. The lowest BCUT2D eigenvalue weighted by Crippen LogP contribution is -1.92. The van der Waals surface area contributed by atoms with Crippen LogP contribution in [0.1, 0.15) is 11.3 Å². The van der Waals surface area contributed by atoms with Gasteiger partial charge in [-0.2, -0.15) is 0 Å². The number of hydrogen-bond donors (Lipinski definition) is 1. The van der Waals surface area contributed by atoms with Crippen LogP contribution in [0.5, 0.6) is 5.75 Å². The lowest BCUT2D eigenvalue weighted by molar-refractivity contribution is -0.131. The van der Waals surface area contributed by atoms with Crippen LogP contribution in [-0.4, -0.2) is 27.6 Å². The van der Waals surface area contributed by atoms with Gasteiger partial charge in [-0.15, -0.1) is 0 Å². The molecule has 3 aromatic rings. The molecule has 1 N–H and O–H groups in total. The summed E-state index contributed by atoms with van der Waals surface area (Å²) in [7, 11) is 1.63. The number of fused-ring (bicyclic) bond motifs is 1. The minimum absolute atomic E-state index is 0.729. The van der Waals surface area contributed by atoms with Crippen molar-refractivity contribution in [1.29, 1.82) is 0 Å². The lowest BCUT2D eigenvalue weighted by atomic mass is 10.1. The predicted octanol–water partition coefficient (Wildman–Crippen LogP) is 3.42. The summed E-state index contributed by atoms with van der Waals surface area (Å²) in [6.45, 7) is 1.96. The molecular weight excluding hydrogens is 292 g/mol. The highest BCUT2D eigenvalue weighted by Crippen LogP contribution is 2.29. The minimum atomic E-state index is -0.993. The Morgan fingerprint density at radius 1 is 1.30 bits per heavy atom. The number of aromatic nitrogens is 2. The van der Waals surface area contributed by atoms with Crippen molar-refractivity contribution in [2.45, 2.75) is 6.92 Å². The quantitative estimate of drug-likeness (QED) is 0.750. The molecule has 3 rings (SSSR count). The van der Waals surface area contributed by atoms with E-state index in [0.717, 1.165) is 40.0 Å². The standard InChI is InChI=1S/C18H16N2O3/c1-12-11-13(6-8-15(12)23-2)18-14(7-9-17(21)22)20-10-4-3-5-16(20)19-18/h3-11H,1-2H3,(H,21,22)/b9-7+. The van der Waals surface area contributed by atoms with E-state index in [2.05, 4.69) is 4.98 Å². The van der Waals surface area contributed by atoms with Gasteiger partial charge < -0.3 is 9.84 Å². The van der Waals surface area contributed by atoms with E-state index in [1.807, 2.05) is 53.9 Å². The number of imidazole rings is 1. The molecule has 0 aliphatic heterocycles. The van der Waals surface area contributed by atoms with Crippen molar-refractivity contribution in [2.75, 3.05) is 7.11 Å². The van der Waals surface area contributed by atoms with E-state index < -0.39 is 5.97 Å². The van der Waals surface area contributed by atoms with Gasteiger partial charge in [-0.05, 0) is 48.9 Å². The van der Waals surface area contributed by atoms with E-state index in [0.29, 0.717) is 0 Å².